The zero-order chi connectivity index (χ0) is 16.9. The maximum atomic E-state index is 12.6. The Morgan fingerprint density at radius 1 is 1.29 bits per heavy atom. The Morgan fingerprint density at radius 2 is 2.00 bits per heavy atom. The SMILES string of the molecule is C[C@H](Cc1ccc(O)cc1)NC(=O)N1CCC[C@@H]1c1ccncc1. The lowest BCUT2D eigenvalue weighted by Gasteiger charge is -2.27. The summed E-state index contributed by atoms with van der Waals surface area (Å²) in [4.78, 5) is 18.6. The van der Waals surface area contributed by atoms with E-state index in [-0.39, 0.29) is 23.9 Å². The van der Waals surface area contributed by atoms with Crippen LogP contribution >= 0.6 is 0 Å². The summed E-state index contributed by atoms with van der Waals surface area (Å²) in [6, 6.07) is 11.2. The minimum Gasteiger partial charge on any atom is -0.508 e. The summed E-state index contributed by atoms with van der Waals surface area (Å²) in [5, 5.41) is 12.4. The van der Waals surface area contributed by atoms with Crippen LogP contribution in [0.5, 0.6) is 5.75 Å². The van der Waals surface area contributed by atoms with Crippen LogP contribution in [0.2, 0.25) is 0 Å². The zero-order valence-corrected chi connectivity index (χ0v) is 13.9. The fourth-order valence-electron chi connectivity index (χ4n) is 3.27. The molecule has 0 spiro atoms. The number of urea groups is 1. The van der Waals surface area contributed by atoms with Crippen LogP contribution in [-0.2, 0) is 6.42 Å². The molecule has 2 atom stereocenters. The molecule has 1 aromatic heterocycles. The van der Waals surface area contributed by atoms with Gasteiger partial charge in [-0.1, -0.05) is 12.1 Å². The van der Waals surface area contributed by atoms with Gasteiger partial charge in [-0.2, -0.15) is 0 Å². The van der Waals surface area contributed by atoms with Gasteiger partial charge in [-0.15, -0.1) is 0 Å². The minimum atomic E-state index is -0.0133. The molecule has 2 amide bonds. The molecule has 5 nitrogen and oxygen atoms in total. The van der Waals surface area contributed by atoms with E-state index < -0.39 is 0 Å². The number of nitrogens with one attached hydrogen (secondary N) is 1. The molecule has 2 aromatic rings. The lowest BCUT2D eigenvalue weighted by atomic mass is 10.1. The second-order valence-electron chi connectivity index (χ2n) is 6.35. The number of carbonyl (C=O) groups is 1. The zero-order valence-electron chi connectivity index (χ0n) is 13.9. The predicted molar refractivity (Wildman–Crippen MR) is 92.7 cm³/mol. The molecule has 2 heterocycles. The molecule has 1 saturated heterocycles. The van der Waals surface area contributed by atoms with Crippen LogP contribution in [0.3, 0.4) is 0 Å². The summed E-state index contributed by atoms with van der Waals surface area (Å²) in [7, 11) is 0. The van der Waals surface area contributed by atoms with E-state index in [9.17, 15) is 9.90 Å². The van der Waals surface area contributed by atoms with Crippen LogP contribution in [0.15, 0.2) is 48.8 Å². The lowest BCUT2D eigenvalue weighted by molar-refractivity contribution is 0.189. The molecule has 126 valence electrons. The highest BCUT2D eigenvalue weighted by molar-refractivity contribution is 5.75. The van der Waals surface area contributed by atoms with Gasteiger partial charge in [-0.3, -0.25) is 4.98 Å². The number of rotatable bonds is 4. The van der Waals surface area contributed by atoms with Gasteiger partial charge in [0.05, 0.1) is 6.04 Å². The third kappa shape index (κ3) is 3.85. The normalized spacial score (nSPS) is 18.4. The number of benzene rings is 1. The summed E-state index contributed by atoms with van der Waals surface area (Å²) >= 11 is 0. The van der Waals surface area contributed by atoms with Gasteiger partial charge in [-0.25, -0.2) is 4.79 Å². The number of hydrogen-bond donors (Lipinski definition) is 2. The van der Waals surface area contributed by atoms with Crippen LogP contribution in [0.4, 0.5) is 4.79 Å². The fraction of sp³-hybridized carbons (Fsp3) is 0.368. The van der Waals surface area contributed by atoms with Crippen LogP contribution in [0.1, 0.15) is 36.9 Å². The third-order valence-electron chi connectivity index (χ3n) is 4.45. The Hall–Kier alpha value is -2.56. The van der Waals surface area contributed by atoms with E-state index >= 15 is 0 Å². The number of phenols is 1. The van der Waals surface area contributed by atoms with E-state index in [0.29, 0.717) is 0 Å². The Balaban J connectivity index is 1.60. The van der Waals surface area contributed by atoms with Crippen molar-refractivity contribution >= 4 is 6.03 Å². The summed E-state index contributed by atoms with van der Waals surface area (Å²) in [6.45, 7) is 2.78. The van der Waals surface area contributed by atoms with Crippen molar-refractivity contribution in [3.05, 3.63) is 59.9 Å². The van der Waals surface area contributed by atoms with Gasteiger partial charge < -0.3 is 15.3 Å². The van der Waals surface area contributed by atoms with E-state index in [1.165, 1.54) is 0 Å². The van der Waals surface area contributed by atoms with Gasteiger partial charge in [0.25, 0.3) is 0 Å². The van der Waals surface area contributed by atoms with E-state index in [2.05, 4.69) is 10.3 Å². The smallest absolute Gasteiger partial charge is 0.318 e. The van der Waals surface area contributed by atoms with Gasteiger partial charge in [0.15, 0.2) is 0 Å². The Morgan fingerprint density at radius 3 is 2.71 bits per heavy atom. The average Bonchev–Trinajstić information content (AvgIpc) is 3.07. The molecule has 24 heavy (non-hydrogen) atoms. The van der Waals surface area contributed by atoms with Crippen LogP contribution < -0.4 is 5.32 Å². The topological polar surface area (TPSA) is 65.5 Å². The number of amides is 2. The fourth-order valence-corrected chi connectivity index (χ4v) is 3.27. The number of aromatic nitrogens is 1. The largest absolute Gasteiger partial charge is 0.508 e. The Labute approximate surface area is 142 Å². The number of aromatic hydroxyl groups is 1. The van der Waals surface area contributed by atoms with Gasteiger partial charge in [0.1, 0.15) is 5.75 Å². The maximum absolute atomic E-state index is 12.6. The van der Waals surface area contributed by atoms with Gasteiger partial charge in [-0.05, 0) is 61.6 Å². The molecule has 0 bridgehead atoms. The summed E-state index contributed by atoms with van der Waals surface area (Å²) in [5.74, 6) is 0.257. The number of carbonyl (C=O) groups excluding carboxylic acids is 1. The highest BCUT2D eigenvalue weighted by atomic mass is 16.3. The summed E-state index contributed by atoms with van der Waals surface area (Å²) in [6.07, 6.45) is 6.30. The van der Waals surface area contributed by atoms with Crippen molar-refractivity contribution in [1.82, 2.24) is 15.2 Å². The van der Waals surface area contributed by atoms with Crippen LogP contribution in [-0.4, -0.2) is 33.6 Å². The van der Waals surface area contributed by atoms with E-state index in [1.807, 2.05) is 36.1 Å². The van der Waals surface area contributed by atoms with E-state index in [1.54, 1.807) is 24.5 Å². The summed E-state index contributed by atoms with van der Waals surface area (Å²) in [5.41, 5.74) is 2.23. The predicted octanol–water partition coefficient (Wildman–Crippen LogP) is 3.26. The first-order valence-corrected chi connectivity index (χ1v) is 8.38. The molecule has 1 aromatic carbocycles. The molecular formula is C19H23N3O2. The number of likely N-dealkylation sites (tertiary alicyclic amines) is 1. The molecule has 1 aliphatic rings. The monoisotopic (exact) mass is 325 g/mol. The highest BCUT2D eigenvalue weighted by Crippen LogP contribution is 2.31. The quantitative estimate of drug-likeness (QED) is 0.907. The Kier molecular flexibility index (Phi) is 4.99. The minimum absolute atomic E-state index is 0.0133. The molecule has 0 saturated carbocycles. The van der Waals surface area contributed by atoms with E-state index in [4.69, 9.17) is 0 Å². The first kappa shape index (κ1) is 16.3. The van der Waals surface area contributed by atoms with Crippen molar-refractivity contribution in [2.45, 2.75) is 38.3 Å². The second kappa shape index (κ2) is 7.34. The maximum Gasteiger partial charge on any atom is 0.318 e. The molecule has 2 N–H and O–H groups in total. The molecule has 0 radical (unpaired) electrons. The molecule has 0 aliphatic carbocycles. The average molecular weight is 325 g/mol. The van der Waals surface area contributed by atoms with Crippen molar-refractivity contribution in [1.29, 1.82) is 0 Å². The van der Waals surface area contributed by atoms with Crippen molar-refractivity contribution in [2.24, 2.45) is 0 Å². The second-order valence-corrected chi connectivity index (χ2v) is 6.35. The van der Waals surface area contributed by atoms with Crippen molar-refractivity contribution < 1.29 is 9.90 Å². The number of phenolic OH excluding ortho intramolecular Hbond substituents is 1. The molecular weight excluding hydrogens is 302 g/mol. The van der Waals surface area contributed by atoms with Crippen molar-refractivity contribution in [3.8, 4) is 5.75 Å². The highest BCUT2D eigenvalue weighted by Gasteiger charge is 2.30. The number of hydrogen-bond acceptors (Lipinski definition) is 3. The molecule has 3 rings (SSSR count). The first-order chi connectivity index (χ1) is 11.6. The van der Waals surface area contributed by atoms with Crippen molar-refractivity contribution in [2.75, 3.05) is 6.54 Å². The molecule has 1 fully saturated rings. The van der Waals surface area contributed by atoms with E-state index in [0.717, 1.165) is 36.9 Å². The first-order valence-electron chi connectivity index (χ1n) is 8.38. The van der Waals surface area contributed by atoms with Gasteiger partial charge in [0, 0.05) is 25.0 Å². The standard InChI is InChI=1S/C19H23N3O2/c1-14(13-15-4-6-17(23)7-5-15)21-19(24)22-12-2-3-18(22)16-8-10-20-11-9-16/h4-11,14,18,23H,2-3,12-13H2,1H3,(H,21,24)/t14-,18-/m1/s1. The van der Waals surface area contributed by atoms with Crippen LogP contribution in [0, 0.1) is 0 Å². The van der Waals surface area contributed by atoms with Gasteiger partial charge >= 0.3 is 6.03 Å². The molecule has 5 heteroatoms. The van der Waals surface area contributed by atoms with Gasteiger partial charge in [0.2, 0.25) is 0 Å². The van der Waals surface area contributed by atoms with Crippen molar-refractivity contribution in [3.63, 3.8) is 0 Å². The summed E-state index contributed by atoms with van der Waals surface area (Å²) < 4.78 is 0. The third-order valence-corrected chi connectivity index (χ3v) is 4.45. The number of nitrogens with zero attached hydrogens (tertiary/aromatic N) is 2. The Bertz CT molecular complexity index is 673. The molecule has 0 unspecified atom stereocenters. The van der Waals surface area contributed by atoms with Crippen LogP contribution in [0.25, 0.3) is 0 Å². The molecule has 1 aliphatic heterocycles. The number of pyridine rings is 1. The lowest BCUT2D eigenvalue weighted by Crippen LogP contribution is -2.44.